The Bertz CT molecular complexity index is 576. The number of hydrogen-bond acceptors (Lipinski definition) is 4. The van der Waals surface area contributed by atoms with E-state index in [9.17, 15) is 4.79 Å². The SMILES string of the molecule is CC12CCC3C(CCC4CC(C=NOCCN)CCC43C)C1CCC2=O. The third kappa shape index (κ3) is 2.83. The number of rotatable bonds is 4. The maximum absolute atomic E-state index is 12.5. The third-order valence-corrected chi connectivity index (χ3v) is 8.97. The summed E-state index contributed by atoms with van der Waals surface area (Å²) in [6.45, 7) is 5.89. The highest BCUT2D eigenvalue weighted by Gasteiger charge is 2.60. The average molecular weight is 361 g/mol. The highest BCUT2D eigenvalue weighted by Crippen LogP contribution is 2.65. The molecule has 7 unspecified atom stereocenters. The number of nitrogens with zero attached hydrogens (tertiary/aromatic N) is 1. The summed E-state index contributed by atoms with van der Waals surface area (Å²) in [5.74, 6) is 4.21. The Hall–Kier alpha value is -0.900. The van der Waals surface area contributed by atoms with Crippen molar-refractivity contribution >= 4 is 12.0 Å². The smallest absolute Gasteiger partial charge is 0.139 e. The zero-order valence-electron chi connectivity index (χ0n) is 16.6. The summed E-state index contributed by atoms with van der Waals surface area (Å²) in [4.78, 5) is 17.7. The molecule has 4 nitrogen and oxygen atoms in total. The summed E-state index contributed by atoms with van der Waals surface area (Å²) in [7, 11) is 0. The largest absolute Gasteiger partial charge is 0.395 e. The van der Waals surface area contributed by atoms with Crippen LogP contribution in [0.2, 0.25) is 0 Å². The fourth-order valence-corrected chi connectivity index (χ4v) is 7.43. The predicted molar refractivity (Wildman–Crippen MR) is 104 cm³/mol. The van der Waals surface area contributed by atoms with Crippen molar-refractivity contribution in [2.45, 2.75) is 71.6 Å². The fourth-order valence-electron chi connectivity index (χ4n) is 7.43. The van der Waals surface area contributed by atoms with Gasteiger partial charge in [-0.25, -0.2) is 0 Å². The Kier molecular flexibility index (Phi) is 4.92. The molecule has 4 aliphatic carbocycles. The van der Waals surface area contributed by atoms with Crippen LogP contribution >= 0.6 is 0 Å². The van der Waals surface area contributed by atoms with Crippen molar-refractivity contribution in [3.63, 3.8) is 0 Å². The molecule has 26 heavy (non-hydrogen) atoms. The molecule has 0 heterocycles. The second-order valence-electron chi connectivity index (χ2n) is 9.99. The van der Waals surface area contributed by atoms with E-state index in [1.54, 1.807) is 0 Å². The summed E-state index contributed by atoms with van der Waals surface area (Å²) in [5, 5.41) is 4.15. The Morgan fingerprint density at radius 3 is 2.81 bits per heavy atom. The van der Waals surface area contributed by atoms with Crippen molar-refractivity contribution in [2.75, 3.05) is 13.2 Å². The van der Waals surface area contributed by atoms with Gasteiger partial charge < -0.3 is 10.6 Å². The average Bonchev–Trinajstić information content (AvgIpc) is 2.94. The number of carbonyl (C=O) groups is 1. The lowest BCUT2D eigenvalue weighted by atomic mass is 9.45. The standard InChI is InChI=1S/C22H36N2O2/c1-21-9-7-15(14-24-26-12-11-23)13-16(21)3-4-17-18-5-6-20(25)22(18,2)10-8-19(17)21/h14-19H,3-13,23H2,1-2H3. The van der Waals surface area contributed by atoms with Gasteiger partial charge in [-0.2, -0.15) is 0 Å². The minimum Gasteiger partial charge on any atom is -0.395 e. The topological polar surface area (TPSA) is 64.7 Å². The van der Waals surface area contributed by atoms with Crippen molar-refractivity contribution in [3.8, 4) is 0 Å². The van der Waals surface area contributed by atoms with Crippen LogP contribution in [0.3, 0.4) is 0 Å². The summed E-state index contributed by atoms with van der Waals surface area (Å²) < 4.78 is 0. The molecular weight excluding hydrogens is 324 g/mol. The van der Waals surface area contributed by atoms with E-state index < -0.39 is 0 Å². The molecule has 0 amide bonds. The molecule has 4 rings (SSSR count). The van der Waals surface area contributed by atoms with Crippen LogP contribution in [0.4, 0.5) is 0 Å². The van der Waals surface area contributed by atoms with Crippen LogP contribution in [0, 0.1) is 40.4 Å². The highest BCUT2D eigenvalue weighted by atomic mass is 16.6. The van der Waals surface area contributed by atoms with E-state index in [-0.39, 0.29) is 5.41 Å². The van der Waals surface area contributed by atoms with E-state index in [4.69, 9.17) is 10.6 Å². The summed E-state index contributed by atoms with van der Waals surface area (Å²) in [5.41, 5.74) is 5.93. The Morgan fingerprint density at radius 2 is 2.00 bits per heavy atom. The van der Waals surface area contributed by atoms with E-state index >= 15 is 0 Å². The zero-order valence-corrected chi connectivity index (χ0v) is 16.6. The fraction of sp³-hybridized carbons (Fsp3) is 0.909. The number of hydrogen-bond donors (Lipinski definition) is 1. The number of carbonyl (C=O) groups excluding carboxylic acids is 1. The lowest BCUT2D eigenvalue weighted by molar-refractivity contribution is -0.139. The summed E-state index contributed by atoms with van der Waals surface area (Å²) in [6.07, 6.45) is 12.9. The van der Waals surface area contributed by atoms with Crippen LogP contribution in [0.5, 0.6) is 0 Å². The van der Waals surface area contributed by atoms with Crippen LogP contribution in [0.25, 0.3) is 0 Å². The maximum atomic E-state index is 12.5. The van der Waals surface area contributed by atoms with Crippen molar-refractivity contribution < 1.29 is 9.63 Å². The molecule has 4 saturated carbocycles. The van der Waals surface area contributed by atoms with Gasteiger partial charge in [0.2, 0.25) is 0 Å². The molecule has 2 N–H and O–H groups in total. The van der Waals surface area contributed by atoms with E-state index in [1.165, 1.54) is 38.5 Å². The van der Waals surface area contributed by atoms with Crippen molar-refractivity contribution in [3.05, 3.63) is 0 Å². The van der Waals surface area contributed by atoms with Crippen molar-refractivity contribution in [1.29, 1.82) is 0 Å². The molecule has 0 radical (unpaired) electrons. The number of Topliss-reactive ketones (excluding diaryl/α,β-unsaturated/α-hetero) is 1. The van der Waals surface area contributed by atoms with Crippen LogP contribution in [-0.4, -0.2) is 25.1 Å². The van der Waals surface area contributed by atoms with E-state index in [2.05, 4.69) is 19.0 Å². The van der Waals surface area contributed by atoms with Crippen LogP contribution in [0.15, 0.2) is 5.16 Å². The first-order chi connectivity index (χ1) is 12.5. The Balaban J connectivity index is 1.46. The molecule has 0 spiro atoms. The van der Waals surface area contributed by atoms with Gasteiger partial charge in [0, 0.05) is 24.6 Å². The van der Waals surface area contributed by atoms with E-state index in [1.807, 2.05) is 6.21 Å². The number of oxime groups is 1. The molecule has 0 aromatic carbocycles. The van der Waals surface area contributed by atoms with Gasteiger partial charge in [-0.1, -0.05) is 19.0 Å². The molecule has 4 fully saturated rings. The molecule has 4 heteroatoms. The Morgan fingerprint density at radius 1 is 1.15 bits per heavy atom. The number of ketones is 1. The first-order valence-corrected chi connectivity index (χ1v) is 10.9. The van der Waals surface area contributed by atoms with Crippen LogP contribution in [0.1, 0.15) is 71.6 Å². The van der Waals surface area contributed by atoms with Gasteiger partial charge in [-0.05, 0) is 86.4 Å². The molecule has 0 saturated heterocycles. The highest BCUT2D eigenvalue weighted by molar-refractivity contribution is 5.87. The van der Waals surface area contributed by atoms with Crippen LogP contribution < -0.4 is 5.73 Å². The van der Waals surface area contributed by atoms with Crippen molar-refractivity contribution in [1.82, 2.24) is 0 Å². The summed E-state index contributed by atoms with van der Waals surface area (Å²) in [6, 6.07) is 0. The lowest BCUT2D eigenvalue weighted by Gasteiger charge is -2.60. The molecular formula is C22H36N2O2. The van der Waals surface area contributed by atoms with E-state index in [0.29, 0.717) is 36.2 Å². The first-order valence-electron chi connectivity index (χ1n) is 10.9. The molecule has 0 aromatic heterocycles. The molecule has 0 aromatic rings. The first kappa shape index (κ1) is 18.5. The zero-order chi connectivity index (χ0) is 18.4. The minimum absolute atomic E-state index is 0.00849. The van der Waals surface area contributed by atoms with Crippen LogP contribution in [-0.2, 0) is 9.63 Å². The summed E-state index contributed by atoms with van der Waals surface area (Å²) >= 11 is 0. The second kappa shape index (κ2) is 6.92. The van der Waals surface area contributed by atoms with Gasteiger partial charge in [0.1, 0.15) is 12.4 Å². The van der Waals surface area contributed by atoms with Gasteiger partial charge in [0.25, 0.3) is 0 Å². The van der Waals surface area contributed by atoms with Crippen molar-refractivity contribution in [2.24, 2.45) is 51.3 Å². The Labute approximate surface area is 158 Å². The van der Waals surface area contributed by atoms with Gasteiger partial charge in [-0.3, -0.25) is 4.79 Å². The normalized spacial score (nSPS) is 48.1. The van der Waals surface area contributed by atoms with Gasteiger partial charge in [0.05, 0.1) is 0 Å². The second-order valence-corrected chi connectivity index (χ2v) is 9.99. The predicted octanol–water partition coefficient (Wildman–Crippen LogP) is 4.18. The molecule has 7 atom stereocenters. The van der Waals surface area contributed by atoms with Gasteiger partial charge in [0.15, 0.2) is 0 Å². The quantitative estimate of drug-likeness (QED) is 0.465. The molecule has 146 valence electrons. The monoisotopic (exact) mass is 360 g/mol. The van der Waals surface area contributed by atoms with Gasteiger partial charge in [-0.15, -0.1) is 0 Å². The van der Waals surface area contributed by atoms with E-state index in [0.717, 1.165) is 37.0 Å². The molecule has 4 aliphatic rings. The molecule has 0 aliphatic heterocycles. The minimum atomic E-state index is 0.00849. The third-order valence-electron chi connectivity index (χ3n) is 8.97. The number of fused-ring (bicyclic) bond motifs is 5. The molecule has 0 bridgehead atoms. The lowest BCUT2D eigenvalue weighted by Crippen LogP contribution is -2.53. The number of nitrogens with two attached hydrogens (primary N) is 1. The maximum Gasteiger partial charge on any atom is 0.139 e. The van der Waals surface area contributed by atoms with Gasteiger partial charge >= 0.3 is 0 Å².